The number of anilines is 1. The molecule has 96 valence electrons. The SMILES string of the molecule is CCC(C)(C)c1nnc(NC(=O)C(Cl)(Cl)Cl)s1. The molecular weight excluding hydrogens is 305 g/mol. The Balaban J connectivity index is 2.80. The number of hydrogen-bond acceptors (Lipinski definition) is 4. The highest BCUT2D eigenvalue weighted by molar-refractivity contribution is 7.15. The number of carbonyl (C=O) groups is 1. The Morgan fingerprint density at radius 1 is 1.35 bits per heavy atom. The molecule has 0 radical (unpaired) electrons. The molecular formula is C9H12Cl3N3OS. The first-order chi connectivity index (χ1) is 7.66. The Morgan fingerprint density at radius 3 is 2.41 bits per heavy atom. The van der Waals surface area contributed by atoms with E-state index < -0.39 is 9.70 Å². The average Bonchev–Trinajstić information content (AvgIpc) is 2.65. The summed E-state index contributed by atoms with van der Waals surface area (Å²) in [5.41, 5.74) is -0.0827. The summed E-state index contributed by atoms with van der Waals surface area (Å²) in [4.78, 5) is 11.4. The normalized spacial score (nSPS) is 12.6. The van der Waals surface area contributed by atoms with Gasteiger partial charge in [0.2, 0.25) is 5.13 Å². The van der Waals surface area contributed by atoms with Gasteiger partial charge in [0.1, 0.15) is 5.01 Å². The van der Waals surface area contributed by atoms with E-state index in [-0.39, 0.29) is 5.41 Å². The standard InChI is InChI=1S/C9H12Cl3N3OS/c1-4-8(2,3)6-14-15-7(17-6)13-5(16)9(10,11)12/h4H2,1-3H3,(H,13,15,16). The molecule has 17 heavy (non-hydrogen) atoms. The molecule has 0 aromatic carbocycles. The zero-order chi connectivity index (χ0) is 13.3. The minimum absolute atomic E-state index is 0.0827. The van der Waals surface area contributed by atoms with Crippen LogP contribution in [0.1, 0.15) is 32.2 Å². The van der Waals surface area contributed by atoms with Crippen LogP contribution in [-0.2, 0) is 10.2 Å². The number of hydrogen-bond donors (Lipinski definition) is 1. The second kappa shape index (κ2) is 5.26. The Morgan fingerprint density at radius 2 is 1.94 bits per heavy atom. The number of aromatic nitrogens is 2. The number of carbonyl (C=O) groups excluding carboxylic acids is 1. The lowest BCUT2D eigenvalue weighted by Crippen LogP contribution is -2.26. The third-order valence-corrected chi connectivity index (χ3v) is 4.09. The molecule has 0 fully saturated rings. The van der Waals surface area contributed by atoms with Gasteiger partial charge in [-0.1, -0.05) is 66.9 Å². The van der Waals surface area contributed by atoms with Crippen LogP contribution in [0, 0.1) is 0 Å². The highest BCUT2D eigenvalue weighted by atomic mass is 35.6. The fourth-order valence-electron chi connectivity index (χ4n) is 0.866. The summed E-state index contributed by atoms with van der Waals surface area (Å²) in [6.07, 6.45) is 0.917. The molecule has 0 atom stereocenters. The smallest absolute Gasteiger partial charge is 0.278 e. The molecule has 0 saturated carbocycles. The lowest BCUT2D eigenvalue weighted by molar-refractivity contribution is -0.115. The molecule has 0 aliphatic rings. The first kappa shape index (κ1) is 15.0. The molecule has 0 spiro atoms. The lowest BCUT2D eigenvalue weighted by Gasteiger charge is -2.17. The molecule has 0 unspecified atom stereocenters. The van der Waals surface area contributed by atoms with Crippen LogP contribution in [0.5, 0.6) is 0 Å². The summed E-state index contributed by atoms with van der Waals surface area (Å²) in [5, 5.41) is 11.4. The predicted octanol–water partition coefficient (Wildman–Crippen LogP) is 3.53. The number of nitrogens with one attached hydrogen (secondary N) is 1. The van der Waals surface area contributed by atoms with Crippen molar-refractivity contribution < 1.29 is 4.79 Å². The van der Waals surface area contributed by atoms with Crippen molar-refractivity contribution in [3.63, 3.8) is 0 Å². The van der Waals surface area contributed by atoms with Crippen molar-refractivity contribution in [3.05, 3.63) is 5.01 Å². The second-order valence-electron chi connectivity index (χ2n) is 4.10. The van der Waals surface area contributed by atoms with Crippen LogP contribution in [0.4, 0.5) is 5.13 Å². The molecule has 1 aromatic rings. The van der Waals surface area contributed by atoms with E-state index in [9.17, 15) is 4.79 Å². The summed E-state index contributed by atoms with van der Waals surface area (Å²) >= 11 is 17.6. The summed E-state index contributed by atoms with van der Waals surface area (Å²) in [7, 11) is 0. The molecule has 1 N–H and O–H groups in total. The van der Waals surface area contributed by atoms with Crippen LogP contribution in [-0.4, -0.2) is 19.9 Å². The van der Waals surface area contributed by atoms with Crippen molar-refractivity contribution in [2.45, 2.75) is 36.4 Å². The van der Waals surface area contributed by atoms with Crippen LogP contribution < -0.4 is 5.32 Å². The maximum absolute atomic E-state index is 11.4. The largest absolute Gasteiger partial charge is 0.297 e. The summed E-state index contributed by atoms with van der Waals surface area (Å²) in [6.45, 7) is 6.16. The second-order valence-corrected chi connectivity index (χ2v) is 7.36. The lowest BCUT2D eigenvalue weighted by atomic mass is 9.91. The van der Waals surface area contributed by atoms with Gasteiger partial charge in [-0.15, -0.1) is 10.2 Å². The van der Waals surface area contributed by atoms with E-state index in [4.69, 9.17) is 34.8 Å². The van der Waals surface area contributed by atoms with E-state index >= 15 is 0 Å². The Bertz CT molecular complexity index is 414. The molecule has 4 nitrogen and oxygen atoms in total. The Kier molecular flexibility index (Phi) is 4.63. The molecule has 1 rings (SSSR count). The summed E-state index contributed by atoms with van der Waals surface area (Å²) < 4.78 is -1.99. The maximum Gasteiger partial charge on any atom is 0.278 e. The molecule has 1 amide bonds. The molecule has 1 heterocycles. The van der Waals surface area contributed by atoms with E-state index in [1.54, 1.807) is 0 Å². The van der Waals surface area contributed by atoms with Gasteiger partial charge >= 0.3 is 0 Å². The number of alkyl halides is 3. The van der Waals surface area contributed by atoms with Crippen LogP contribution in [0.3, 0.4) is 0 Å². The Labute approximate surface area is 119 Å². The van der Waals surface area contributed by atoms with Crippen molar-refractivity contribution in [2.24, 2.45) is 0 Å². The van der Waals surface area contributed by atoms with Gasteiger partial charge in [0.25, 0.3) is 9.70 Å². The van der Waals surface area contributed by atoms with Gasteiger partial charge < -0.3 is 0 Å². The van der Waals surface area contributed by atoms with Crippen molar-refractivity contribution in [1.82, 2.24) is 10.2 Å². The first-order valence-electron chi connectivity index (χ1n) is 4.89. The summed E-state index contributed by atoms with van der Waals surface area (Å²) in [6, 6.07) is 0. The molecule has 0 bridgehead atoms. The van der Waals surface area contributed by atoms with E-state index in [1.165, 1.54) is 11.3 Å². The summed E-state index contributed by atoms with van der Waals surface area (Å²) in [5.74, 6) is -0.737. The molecule has 1 aromatic heterocycles. The number of amides is 1. The van der Waals surface area contributed by atoms with E-state index in [1.807, 2.05) is 13.8 Å². The van der Waals surface area contributed by atoms with Crippen molar-refractivity contribution >= 4 is 57.2 Å². The monoisotopic (exact) mass is 315 g/mol. The number of rotatable bonds is 3. The van der Waals surface area contributed by atoms with Crippen LogP contribution in [0.15, 0.2) is 0 Å². The van der Waals surface area contributed by atoms with Crippen molar-refractivity contribution in [3.8, 4) is 0 Å². The van der Waals surface area contributed by atoms with E-state index in [2.05, 4.69) is 22.4 Å². The van der Waals surface area contributed by atoms with Gasteiger partial charge in [-0.25, -0.2) is 0 Å². The van der Waals surface area contributed by atoms with Crippen LogP contribution >= 0.6 is 46.1 Å². The van der Waals surface area contributed by atoms with Gasteiger partial charge in [-0.3, -0.25) is 10.1 Å². The molecule has 0 aliphatic heterocycles. The Hall–Kier alpha value is -0.100. The van der Waals surface area contributed by atoms with Crippen LogP contribution in [0.25, 0.3) is 0 Å². The quantitative estimate of drug-likeness (QED) is 0.868. The zero-order valence-electron chi connectivity index (χ0n) is 9.55. The third kappa shape index (κ3) is 3.95. The van der Waals surface area contributed by atoms with Gasteiger partial charge in [-0.2, -0.15) is 0 Å². The predicted molar refractivity (Wildman–Crippen MR) is 72.1 cm³/mol. The minimum Gasteiger partial charge on any atom is -0.297 e. The average molecular weight is 317 g/mol. The molecule has 0 saturated heterocycles. The van der Waals surface area contributed by atoms with Crippen molar-refractivity contribution in [2.75, 3.05) is 5.32 Å². The van der Waals surface area contributed by atoms with Crippen molar-refractivity contribution in [1.29, 1.82) is 0 Å². The first-order valence-corrected chi connectivity index (χ1v) is 6.84. The zero-order valence-corrected chi connectivity index (χ0v) is 12.6. The number of nitrogens with zero attached hydrogens (tertiary/aromatic N) is 2. The van der Waals surface area contributed by atoms with Gasteiger partial charge in [0, 0.05) is 5.41 Å². The van der Waals surface area contributed by atoms with E-state index in [0.29, 0.717) is 5.13 Å². The molecule has 0 aliphatic carbocycles. The maximum atomic E-state index is 11.4. The minimum atomic E-state index is -1.99. The van der Waals surface area contributed by atoms with Gasteiger partial charge in [0.05, 0.1) is 0 Å². The van der Waals surface area contributed by atoms with Gasteiger partial charge in [0.15, 0.2) is 0 Å². The van der Waals surface area contributed by atoms with Crippen LogP contribution in [0.2, 0.25) is 0 Å². The van der Waals surface area contributed by atoms with Gasteiger partial charge in [-0.05, 0) is 6.42 Å². The fraction of sp³-hybridized carbons (Fsp3) is 0.667. The molecule has 8 heteroatoms. The third-order valence-electron chi connectivity index (χ3n) is 2.37. The number of halogens is 3. The topological polar surface area (TPSA) is 54.9 Å². The van der Waals surface area contributed by atoms with E-state index in [0.717, 1.165) is 11.4 Å². The highest BCUT2D eigenvalue weighted by Crippen LogP contribution is 2.32. The fourth-order valence-corrected chi connectivity index (χ4v) is 1.92. The highest BCUT2D eigenvalue weighted by Gasteiger charge is 2.32.